The first-order valence-corrected chi connectivity index (χ1v) is 7.97. The Balaban J connectivity index is 1.74. The number of carbonyl (C=O) groups is 2. The van der Waals surface area contributed by atoms with Crippen LogP contribution in [0.4, 0.5) is 5.13 Å². The SMILES string of the molecule is CC(=O)N1CCc2nc(NC(=O)c3ccsc3)sc2C1. The Kier molecular flexibility index (Phi) is 3.54. The van der Waals surface area contributed by atoms with Crippen LogP contribution in [0.2, 0.25) is 0 Å². The third-order valence-corrected chi connectivity index (χ3v) is 4.86. The molecule has 0 saturated heterocycles. The van der Waals surface area contributed by atoms with Gasteiger partial charge >= 0.3 is 0 Å². The minimum Gasteiger partial charge on any atom is -0.337 e. The molecule has 2 amide bonds. The highest BCUT2D eigenvalue weighted by Crippen LogP contribution is 2.28. The summed E-state index contributed by atoms with van der Waals surface area (Å²) in [5, 5.41) is 7.10. The predicted octanol–water partition coefficient (Wildman–Crippen LogP) is 2.36. The molecule has 0 aliphatic carbocycles. The Morgan fingerprint density at radius 2 is 2.30 bits per heavy atom. The summed E-state index contributed by atoms with van der Waals surface area (Å²) in [4.78, 5) is 30.7. The quantitative estimate of drug-likeness (QED) is 0.926. The molecule has 1 aliphatic heterocycles. The highest BCUT2D eigenvalue weighted by Gasteiger charge is 2.22. The van der Waals surface area contributed by atoms with Crippen LogP contribution in [0.25, 0.3) is 0 Å². The summed E-state index contributed by atoms with van der Waals surface area (Å²) >= 11 is 2.94. The summed E-state index contributed by atoms with van der Waals surface area (Å²) in [6.07, 6.45) is 0.750. The second-order valence-corrected chi connectivity index (χ2v) is 6.41. The maximum atomic E-state index is 12.0. The largest absolute Gasteiger partial charge is 0.337 e. The maximum Gasteiger partial charge on any atom is 0.258 e. The fourth-order valence-electron chi connectivity index (χ4n) is 2.08. The topological polar surface area (TPSA) is 62.3 Å². The molecular weight excluding hydrogens is 294 g/mol. The lowest BCUT2D eigenvalue weighted by atomic mass is 10.2. The summed E-state index contributed by atoms with van der Waals surface area (Å²) in [5.74, 6) is -0.0614. The van der Waals surface area contributed by atoms with Gasteiger partial charge in [-0.1, -0.05) is 11.3 Å². The molecule has 2 aromatic heterocycles. The first-order chi connectivity index (χ1) is 9.63. The van der Waals surface area contributed by atoms with Crippen molar-refractivity contribution in [1.29, 1.82) is 0 Å². The Bertz CT molecular complexity index is 649. The number of fused-ring (bicyclic) bond motifs is 1. The van der Waals surface area contributed by atoms with Gasteiger partial charge in [0, 0.05) is 30.1 Å². The van der Waals surface area contributed by atoms with E-state index in [2.05, 4.69) is 10.3 Å². The van der Waals surface area contributed by atoms with Gasteiger partial charge < -0.3 is 4.90 Å². The van der Waals surface area contributed by atoms with E-state index in [0.717, 1.165) is 17.0 Å². The van der Waals surface area contributed by atoms with Crippen molar-refractivity contribution in [3.05, 3.63) is 33.0 Å². The van der Waals surface area contributed by atoms with Crippen molar-refractivity contribution in [3.8, 4) is 0 Å². The van der Waals surface area contributed by atoms with Crippen LogP contribution in [0.1, 0.15) is 27.9 Å². The molecule has 1 aliphatic rings. The number of hydrogen-bond acceptors (Lipinski definition) is 5. The molecule has 0 spiro atoms. The molecule has 0 unspecified atom stereocenters. The number of thiazole rings is 1. The highest BCUT2D eigenvalue weighted by molar-refractivity contribution is 7.16. The summed E-state index contributed by atoms with van der Waals surface area (Å²) in [6.45, 7) is 2.87. The second kappa shape index (κ2) is 5.34. The number of hydrogen-bond donors (Lipinski definition) is 1. The Morgan fingerprint density at radius 3 is 3.00 bits per heavy atom. The van der Waals surface area contributed by atoms with Crippen molar-refractivity contribution in [1.82, 2.24) is 9.88 Å². The van der Waals surface area contributed by atoms with Gasteiger partial charge in [0.2, 0.25) is 5.91 Å². The van der Waals surface area contributed by atoms with Crippen molar-refractivity contribution in [2.24, 2.45) is 0 Å². The molecule has 5 nitrogen and oxygen atoms in total. The molecule has 20 heavy (non-hydrogen) atoms. The van der Waals surface area contributed by atoms with Gasteiger partial charge in [-0.05, 0) is 11.4 Å². The van der Waals surface area contributed by atoms with Crippen LogP contribution in [0.15, 0.2) is 16.8 Å². The molecule has 1 N–H and O–H groups in total. The number of amides is 2. The van der Waals surface area contributed by atoms with Crippen LogP contribution in [-0.4, -0.2) is 28.2 Å². The van der Waals surface area contributed by atoms with E-state index >= 15 is 0 Å². The molecule has 7 heteroatoms. The van der Waals surface area contributed by atoms with Gasteiger partial charge in [0.1, 0.15) is 0 Å². The van der Waals surface area contributed by atoms with E-state index in [4.69, 9.17) is 0 Å². The number of carbonyl (C=O) groups excluding carboxylic acids is 2. The van der Waals surface area contributed by atoms with Crippen molar-refractivity contribution in [3.63, 3.8) is 0 Å². The number of anilines is 1. The normalized spacial score (nSPS) is 13.9. The Labute approximate surface area is 124 Å². The molecular formula is C13H13N3O2S2. The first-order valence-electron chi connectivity index (χ1n) is 6.21. The lowest BCUT2D eigenvalue weighted by Crippen LogP contribution is -2.33. The van der Waals surface area contributed by atoms with Crippen LogP contribution in [-0.2, 0) is 17.8 Å². The fraction of sp³-hybridized carbons (Fsp3) is 0.308. The second-order valence-electron chi connectivity index (χ2n) is 4.55. The van der Waals surface area contributed by atoms with E-state index in [0.29, 0.717) is 23.8 Å². The van der Waals surface area contributed by atoms with Crippen molar-refractivity contribution in [2.45, 2.75) is 19.9 Å². The number of nitrogens with one attached hydrogen (secondary N) is 1. The van der Waals surface area contributed by atoms with Gasteiger partial charge in [-0.15, -0.1) is 0 Å². The lowest BCUT2D eigenvalue weighted by molar-refractivity contribution is -0.129. The van der Waals surface area contributed by atoms with Gasteiger partial charge in [0.25, 0.3) is 5.91 Å². The van der Waals surface area contributed by atoms with E-state index in [-0.39, 0.29) is 11.8 Å². The first kappa shape index (κ1) is 13.3. The average Bonchev–Trinajstić information content (AvgIpc) is 3.06. The standard InChI is InChI=1S/C13H13N3O2S2/c1-8(17)16-4-2-10-11(6-16)20-13(14-10)15-12(18)9-3-5-19-7-9/h3,5,7H,2,4,6H2,1H3,(H,14,15,18). The molecule has 0 fully saturated rings. The molecule has 0 atom stereocenters. The Hall–Kier alpha value is -1.73. The summed E-state index contributed by atoms with van der Waals surface area (Å²) in [5.41, 5.74) is 1.64. The van der Waals surface area contributed by atoms with E-state index < -0.39 is 0 Å². The average molecular weight is 307 g/mol. The fourth-order valence-corrected chi connectivity index (χ4v) is 3.74. The van der Waals surface area contributed by atoms with Gasteiger partial charge in [-0.25, -0.2) is 4.98 Å². The van der Waals surface area contributed by atoms with Crippen molar-refractivity contribution < 1.29 is 9.59 Å². The van der Waals surface area contributed by atoms with Crippen molar-refractivity contribution in [2.75, 3.05) is 11.9 Å². The number of nitrogens with zero attached hydrogens (tertiary/aromatic N) is 2. The van der Waals surface area contributed by atoms with Crippen LogP contribution in [0.3, 0.4) is 0 Å². The zero-order valence-corrected chi connectivity index (χ0v) is 12.5. The molecule has 0 saturated carbocycles. The zero-order chi connectivity index (χ0) is 14.1. The molecule has 0 radical (unpaired) electrons. The van der Waals surface area contributed by atoms with Crippen LogP contribution < -0.4 is 5.32 Å². The highest BCUT2D eigenvalue weighted by atomic mass is 32.1. The third kappa shape index (κ3) is 2.59. The molecule has 3 heterocycles. The van der Waals surface area contributed by atoms with E-state index in [1.54, 1.807) is 23.3 Å². The number of rotatable bonds is 2. The zero-order valence-electron chi connectivity index (χ0n) is 10.9. The van der Waals surface area contributed by atoms with Crippen LogP contribution in [0, 0.1) is 0 Å². The third-order valence-electron chi connectivity index (χ3n) is 3.18. The molecule has 2 aromatic rings. The van der Waals surface area contributed by atoms with Crippen molar-refractivity contribution >= 4 is 39.6 Å². The van der Waals surface area contributed by atoms with E-state index in [1.807, 2.05) is 5.38 Å². The van der Waals surface area contributed by atoms with Gasteiger partial charge in [0.05, 0.1) is 17.8 Å². The van der Waals surface area contributed by atoms with Gasteiger partial charge in [-0.2, -0.15) is 11.3 Å². The van der Waals surface area contributed by atoms with E-state index in [1.165, 1.54) is 22.7 Å². The predicted molar refractivity (Wildman–Crippen MR) is 79.2 cm³/mol. The number of aromatic nitrogens is 1. The molecule has 0 bridgehead atoms. The van der Waals surface area contributed by atoms with Crippen LogP contribution >= 0.6 is 22.7 Å². The van der Waals surface area contributed by atoms with Gasteiger partial charge in [0.15, 0.2) is 5.13 Å². The minimum atomic E-state index is -0.138. The monoisotopic (exact) mass is 307 g/mol. The maximum absolute atomic E-state index is 12.0. The molecule has 0 aromatic carbocycles. The van der Waals surface area contributed by atoms with Gasteiger partial charge in [-0.3, -0.25) is 14.9 Å². The summed E-state index contributed by atoms with van der Waals surface area (Å²) in [6, 6.07) is 1.78. The summed E-state index contributed by atoms with van der Waals surface area (Å²) < 4.78 is 0. The van der Waals surface area contributed by atoms with Crippen LogP contribution in [0.5, 0.6) is 0 Å². The minimum absolute atomic E-state index is 0.0768. The smallest absolute Gasteiger partial charge is 0.258 e. The number of thiophene rings is 1. The summed E-state index contributed by atoms with van der Waals surface area (Å²) in [7, 11) is 0. The lowest BCUT2D eigenvalue weighted by Gasteiger charge is -2.24. The molecule has 3 rings (SSSR count). The Morgan fingerprint density at radius 1 is 1.45 bits per heavy atom. The molecule has 104 valence electrons. The van der Waals surface area contributed by atoms with E-state index in [9.17, 15) is 9.59 Å².